The van der Waals surface area contributed by atoms with E-state index in [1.54, 1.807) is 0 Å². The standard InChI is InChI=1S/C14H11Si/c1-9-8-13(15)12-7-6-10-4-2-3-5-11(10)14(9)12/h2-8,13H,1H3. The fraction of sp³-hybridized carbons (Fsp3) is 0.143. The van der Waals surface area contributed by atoms with Crippen LogP contribution in [0.15, 0.2) is 42.5 Å². The maximum Gasteiger partial charge on any atom is 0.0388 e. The van der Waals surface area contributed by atoms with Gasteiger partial charge in [0.25, 0.3) is 0 Å². The lowest BCUT2D eigenvalue weighted by molar-refractivity contribution is 1.26. The maximum absolute atomic E-state index is 3.74. The Morgan fingerprint density at radius 3 is 2.73 bits per heavy atom. The van der Waals surface area contributed by atoms with E-state index in [-0.39, 0.29) is 0 Å². The highest BCUT2D eigenvalue weighted by Gasteiger charge is 2.19. The van der Waals surface area contributed by atoms with Crippen LogP contribution in [0.1, 0.15) is 23.6 Å². The molecule has 3 rings (SSSR count). The molecule has 0 spiro atoms. The number of rotatable bonds is 0. The number of hydrogen-bond donors (Lipinski definition) is 0. The highest BCUT2D eigenvalue weighted by atomic mass is 28.1. The third kappa shape index (κ3) is 1.20. The van der Waals surface area contributed by atoms with Gasteiger partial charge in [0.2, 0.25) is 0 Å². The van der Waals surface area contributed by atoms with Gasteiger partial charge >= 0.3 is 0 Å². The van der Waals surface area contributed by atoms with E-state index in [2.05, 4.69) is 59.6 Å². The lowest BCUT2D eigenvalue weighted by Crippen LogP contribution is -1.92. The summed E-state index contributed by atoms with van der Waals surface area (Å²) in [6.45, 7) is 2.19. The van der Waals surface area contributed by atoms with E-state index >= 15 is 0 Å². The zero-order valence-electron chi connectivity index (χ0n) is 8.62. The fourth-order valence-corrected chi connectivity index (χ4v) is 2.90. The van der Waals surface area contributed by atoms with Gasteiger partial charge in [-0.1, -0.05) is 42.5 Å². The summed E-state index contributed by atoms with van der Waals surface area (Å²) in [6, 6.07) is 13.0. The maximum atomic E-state index is 3.74. The minimum atomic E-state index is 0.379. The van der Waals surface area contributed by atoms with E-state index in [1.165, 1.54) is 27.5 Å². The van der Waals surface area contributed by atoms with Crippen LogP contribution in [0, 0.1) is 0 Å². The van der Waals surface area contributed by atoms with Crippen LogP contribution in [0.3, 0.4) is 0 Å². The van der Waals surface area contributed by atoms with Crippen molar-refractivity contribution in [1.82, 2.24) is 0 Å². The van der Waals surface area contributed by atoms with Gasteiger partial charge in [0.05, 0.1) is 0 Å². The van der Waals surface area contributed by atoms with E-state index < -0.39 is 0 Å². The second kappa shape index (κ2) is 3.07. The van der Waals surface area contributed by atoms with Crippen LogP contribution in [-0.2, 0) is 0 Å². The molecule has 3 radical (unpaired) electrons. The molecular weight excluding hydrogens is 196 g/mol. The molecule has 1 heteroatoms. The van der Waals surface area contributed by atoms with E-state index in [0.29, 0.717) is 5.54 Å². The van der Waals surface area contributed by atoms with Gasteiger partial charge in [-0.2, -0.15) is 0 Å². The monoisotopic (exact) mass is 207 g/mol. The molecule has 1 unspecified atom stereocenters. The molecule has 2 aromatic carbocycles. The Balaban J connectivity index is 2.45. The van der Waals surface area contributed by atoms with E-state index in [9.17, 15) is 0 Å². The first kappa shape index (κ1) is 8.92. The van der Waals surface area contributed by atoms with Crippen molar-refractivity contribution in [3.63, 3.8) is 0 Å². The molecule has 1 aliphatic rings. The zero-order valence-corrected chi connectivity index (χ0v) is 9.62. The molecule has 1 atom stereocenters. The van der Waals surface area contributed by atoms with Gasteiger partial charge in [0.1, 0.15) is 0 Å². The second-order valence-electron chi connectivity index (χ2n) is 4.08. The molecule has 0 saturated carbocycles. The van der Waals surface area contributed by atoms with Gasteiger partial charge in [-0.3, -0.25) is 0 Å². The van der Waals surface area contributed by atoms with Crippen molar-refractivity contribution in [2.75, 3.05) is 0 Å². The Morgan fingerprint density at radius 1 is 1.07 bits per heavy atom. The summed E-state index contributed by atoms with van der Waals surface area (Å²) in [4.78, 5) is 0. The highest BCUT2D eigenvalue weighted by molar-refractivity contribution is 6.17. The molecule has 15 heavy (non-hydrogen) atoms. The first-order valence-electron chi connectivity index (χ1n) is 5.19. The molecule has 0 fully saturated rings. The van der Waals surface area contributed by atoms with Gasteiger partial charge in [-0.15, -0.1) is 0 Å². The van der Waals surface area contributed by atoms with Crippen molar-refractivity contribution in [1.29, 1.82) is 0 Å². The minimum absolute atomic E-state index is 0.379. The first-order chi connectivity index (χ1) is 7.27. The summed E-state index contributed by atoms with van der Waals surface area (Å²) < 4.78 is 0. The molecule has 0 nitrogen and oxygen atoms in total. The van der Waals surface area contributed by atoms with Gasteiger partial charge < -0.3 is 0 Å². The van der Waals surface area contributed by atoms with Gasteiger partial charge in [0.15, 0.2) is 0 Å². The Kier molecular flexibility index (Phi) is 1.83. The van der Waals surface area contributed by atoms with Crippen molar-refractivity contribution in [3.05, 3.63) is 53.6 Å². The average Bonchev–Trinajstić information content (AvgIpc) is 2.55. The zero-order chi connectivity index (χ0) is 10.4. The quantitative estimate of drug-likeness (QED) is 0.580. The Hall–Kier alpha value is -1.34. The predicted octanol–water partition coefficient (Wildman–Crippen LogP) is 3.47. The molecule has 0 aliphatic heterocycles. The fourth-order valence-electron chi connectivity index (χ4n) is 2.41. The lowest BCUT2D eigenvalue weighted by atomic mass is 9.98. The van der Waals surface area contributed by atoms with Crippen molar-refractivity contribution in [2.24, 2.45) is 0 Å². The number of allylic oxidation sites excluding steroid dienone is 2. The molecule has 1 aliphatic carbocycles. The molecule has 0 bridgehead atoms. The number of hydrogen-bond acceptors (Lipinski definition) is 0. The van der Waals surface area contributed by atoms with Gasteiger partial charge in [-0.05, 0) is 39.9 Å². The van der Waals surface area contributed by atoms with Crippen LogP contribution in [0.5, 0.6) is 0 Å². The molecule has 0 saturated heterocycles. The average molecular weight is 207 g/mol. The smallest absolute Gasteiger partial charge is 0.0388 e. The molecule has 71 valence electrons. The highest BCUT2D eigenvalue weighted by Crippen LogP contribution is 2.38. The van der Waals surface area contributed by atoms with Crippen LogP contribution < -0.4 is 0 Å². The molecular formula is C14H11Si. The van der Waals surface area contributed by atoms with E-state index in [4.69, 9.17) is 0 Å². The Morgan fingerprint density at radius 2 is 1.87 bits per heavy atom. The summed E-state index contributed by atoms with van der Waals surface area (Å²) in [5, 5.41) is 2.69. The summed E-state index contributed by atoms with van der Waals surface area (Å²) >= 11 is 0. The molecule has 0 N–H and O–H groups in total. The minimum Gasteiger partial charge on any atom is -0.0770 e. The Bertz CT molecular complexity index is 567. The van der Waals surface area contributed by atoms with Crippen molar-refractivity contribution in [3.8, 4) is 0 Å². The van der Waals surface area contributed by atoms with Crippen LogP contribution in [0.25, 0.3) is 16.3 Å². The molecule has 0 aromatic heterocycles. The SMILES string of the molecule is CC1=CC([Si])c2ccc3ccccc3c21. The van der Waals surface area contributed by atoms with Crippen LogP contribution in [0.4, 0.5) is 0 Å². The summed E-state index contributed by atoms with van der Waals surface area (Å²) in [6.07, 6.45) is 2.27. The van der Waals surface area contributed by atoms with E-state index in [0.717, 1.165) is 0 Å². The lowest BCUT2D eigenvalue weighted by Gasteiger charge is -2.08. The van der Waals surface area contributed by atoms with Crippen molar-refractivity contribution in [2.45, 2.75) is 12.5 Å². The second-order valence-corrected chi connectivity index (χ2v) is 4.70. The van der Waals surface area contributed by atoms with Crippen molar-refractivity contribution >= 4 is 26.6 Å². The number of fused-ring (bicyclic) bond motifs is 3. The summed E-state index contributed by atoms with van der Waals surface area (Å²) in [5.74, 6) is 0. The normalized spacial score (nSPS) is 19.1. The first-order valence-corrected chi connectivity index (χ1v) is 5.76. The third-order valence-corrected chi connectivity index (χ3v) is 3.58. The van der Waals surface area contributed by atoms with Crippen LogP contribution in [0.2, 0.25) is 0 Å². The molecule has 0 amide bonds. The molecule has 2 aromatic rings. The van der Waals surface area contributed by atoms with E-state index in [1.807, 2.05) is 0 Å². The van der Waals surface area contributed by atoms with Gasteiger partial charge in [-0.25, -0.2) is 0 Å². The Labute approximate surface area is 93.0 Å². The summed E-state index contributed by atoms with van der Waals surface area (Å²) in [5.41, 5.74) is 4.56. The predicted molar refractivity (Wildman–Crippen MR) is 66.1 cm³/mol. The van der Waals surface area contributed by atoms with Crippen LogP contribution >= 0.6 is 0 Å². The van der Waals surface area contributed by atoms with Gasteiger partial charge in [0, 0.05) is 10.2 Å². The number of benzene rings is 2. The van der Waals surface area contributed by atoms with Crippen LogP contribution in [-0.4, -0.2) is 10.2 Å². The van der Waals surface area contributed by atoms with Crippen molar-refractivity contribution < 1.29 is 0 Å². The topological polar surface area (TPSA) is 0 Å². The largest absolute Gasteiger partial charge is 0.0770 e. The molecule has 0 heterocycles. The third-order valence-electron chi connectivity index (χ3n) is 3.11. The summed E-state index contributed by atoms with van der Waals surface area (Å²) in [7, 11) is 3.74.